The van der Waals surface area contributed by atoms with Crippen molar-refractivity contribution >= 4 is 34.0 Å². The molecular formula is C24H20N2O4. The van der Waals surface area contributed by atoms with Crippen LogP contribution in [-0.4, -0.2) is 18.4 Å². The molecule has 0 bridgehead atoms. The third kappa shape index (κ3) is 4.33. The van der Waals surface area contributed by atoms with E-state index in [9.17, 15) is 9.59 Å². The molecule has 0 unspecified atom stereocenters. The fraction of sp³-hybridized carbons (Fsp3) is 0.0833. The van der Waals surface area contributed by atoms with E-state index in [2.05, 4.69) is 10.6 Å². The fourth-order valence-electron chi connectivity index (χ4n) is 3.14. The van der Waals surface area contributed by atoms with Crippen LogP contribution in [0.4, 0.5) is 11.4 Å². The maximum absolute atomic E-state index is 12.3. The number of ether oxygens (including phenoxy) is 1. The van der Waals surface area contributed by atoms with Crippen LogP contribution >= 0.6 is 0 Å². The van der Waals surface area contributed by atoms with Gasteiger partial charge in [-0.2, -0.15) is 0 Å². The summed E-state index contributed by atoms with van der Waals surface area (Å²) in [5.41, 5.74) is 2.07. The third-order valence-electron chi connectivity index (χ3n) is 4.61. The Labute approximate surface area is 173 Å². The van der Waals surface area contributed by atoms with Crippen LogP contribution in [0.3, 0.4) is 0 Å². The first-order valence-corrected chi connectivity index (χ1v) is 9.46. The lowest BCUT2D eigenvalue weighted by Crippen LogP contribution is -2.20. The lowest BCUT2D eigenvalue weighted by Gasteiger charge is -2.12. The van der Waals surface area contributed by atoms with E-state index in [0.717, 1.165) is 16.3 Å². The number of hydrogen-bond donors (Lipinski definition) is 2. The lowest BCUT2D eigenvalue weighted by atomic mass is 10.1. The fourth-order valence-corrected chi connectivity index (χ4v) is 3.14. The Bertz CT molecular complexity index is 1190. The molecule has 6 nitrogen and oxygen atoms in total. The summed E-state index contributed by atoms with van der Waals surface area (Å²) in [6.07, 6.45) is 1.45. The van der Waals surface area contributed by atoms with Crippen molar-refractivity contribution in [3.63, 3.8) is 0 Å². The molecule has 0 aliphatic rings. The molecule has 0 aliphatic carbocycles. The van der Waals surface area contributed by atoms with Crippen LogP contribution in [0.1, 0.15) is 16.1 Å². The van der Waals surface area contributed by atoms with Gasteiger partial charge >= 0.3 is 0 Å². The molecule has 30 heavy (non-hydrogen) atoms. The van der Waals surface area contributed by atoms with E-state index in [1.807, 2.05) is 49.4 Å². The number of aryl methyl sites for hydroxylation is 1. The van der Waals surface area contributed by atoms with Crippen LogP contribution in [-0.2, 0) is 4.79 Å². The highest BCUT2D eigenvalue weighted by Gasteiger charge is 2.11. The Morgan fingerprint density at radius 2 is 1.77 bits per heavy atom. The molecule has 2 N–H and O–H groups in total. The number of fused-ring (bicyclic) bond motifs is 1. The normalized spacial score (nSPS) is 10.6. The zero-order chi connectivity index (χ0) is 20.9. The highest BCUT2D eigenvalue weighted by Crippen LogP contribution is 2.25. The van der Waals surface area contributed by atoms with Crippen LogP contribution in [0, 0.1) is 6.92 Å². The first kappa shape index (κ1) is 19.3. The first-order chi connectivity index (χ1) is 14.6. The van der Waals surface area contributed by atoms with Crippen molar-refractivity contribution in [2.75, 3.05) is 17.2 Å². The van der Waals surface area contributed by atoms with E-state index in [-0.39, 0.29) is 24.2 Å². The highest BCUT2D eigenvalue weighted by molar-refractivity contribution is 6.03. The van der Waals surface area contributed by atoms with Gasteiger partial charge in [0.25, 0.3) is 11.8 Å². The van der Waals surface area contributed by atoms with E-state index in [4.69, 9.17) is 9.15 Å². The Balaban J connectivity index is 1.37. The second-order valence-electron chi connectivity index (χ2n) is 6.78. The standard InChI is InChI=1S/C24H20N2O4/c1-16-14-18(11-12-20(16)26-24(28)22-10-5-13-29-22)25-23(27)15-30-21-9-4-7-17-6-2-3-8-19(17)21/h2-14H,15H2,1H3,(H,25,27)(H,26,28). The monoisotopic (exact) mass is 400 g/mol. The van der Waals surface area contributed by atoms with Gasteiger partial charge in [-0.15, -0.1) is 0 Å². The molecule has 0 radical (unpaired) electrons. The Hall–Kier alpha value is -4.06. The van der Waals surface area contributed by atoms with Gasteiger partial charge in [0.1, 0.15) is 5.75 Å². The van der Waals surface area contributed by atoms with Gasteiger partial charge < -0.3 is 19.8 Å². The summed E-state index contributed by atoms with van der Waals surface area (Å²) in [6, 6.07) is 22.1. The van der Waals surface area contributed by atoms with E-state index < -0.39 is 0 Å². The maximum Gasteiger partial charge on any atom is 0.291 e. The molecule has 1 aromatic heterocycles. The van der Waals surface area contributed by atoms with Gasteiger partial charge in [0, 0.05) is 16.8 Å². The summed E-state index contributed by atoms with van der Waals surface area (Å²) >= 11 is 0. The molecule has 6 heteroatoms. The molecule has 1 heterocycles. The van der Waals surface area contributed by atoms with Crippen LogP contribution < -0.4 is 15.4 Å². The molecule has 0 spiro atoms. The van der Waals surface area contributed by atoms with Crippen LogP contribution in [0.25, 0.3) is 10.8 Å². The van der Waals surface area contributed by atoms with Gasteiger partial charge in [-0.1, -0.05) is 36.4 Å². The SMILES string of the molecule is Cc1cc(NC(=O)COc2cccc3ccccc23)ccc1NC(=O)c1ccco1. The third-order valence-corrected chi connectivity index (χ3v) is 4.61. The summed E-state index contributed by atoms with van der Waals surface area (Å²) < 4.78 is 10.8. The largest absolute Gasteiger partial charge is 0.483 e. The summed E-state index contributed by atoms with van der Waals surface area (Å²) in [6.45, 7) is 1.74. The van der Waals surface area contributed by atoms with Crippen molar-refractivity contribution < 1.29 is 18.7 Å². The molecular weight excluding hydrogens is 380 g/mol. The lowest BCUT2D eigenvalue weighted by molar-refractivity contribution is -0.118. The molecule has 0 atom stereocenters. The van der Waals surface area contributed by atoms with E-state index in [1.165, 1.54) is 6.26 Å². The zero-order valence-electron chi connectivity index (χ0n) is 16.3. The van der Waals surface area contributed by atoms with Gasteiger partial charge in [-0.25, -0.2) is 0 Å². The Morgan fingerprint density at radius 1 is 0.933 bits per heavy atom. The van der Waals surface area contributed by atoms with Gasteiger partial charge in [0.2, 0.25) is 0 Å². The van der Waals surface area contributed by atoms with Crippen molar-refractivity contribution in [1.29, 1.82) is 0 Å². The summed E-state index contributed by atoms with van der Waals surface area (Å²) in [5, 5.41) is 7.61. The van der Waals surface area contributed by atoms with Crippen molar-refractivity contribution in [2.45, 2.75) is 6.92 Å². The Morgan fingerprint density at radius 3 is 2.57 bits per heavy atom. The zero-order valence-corrected chi connectivity index (χ0v) is 16.3. The van der Waals surface area contributed by atoms with Gasteiger partial charge in [-0.05, 0) is 54.3 Å². The number of benzene rings is 3. The topological polar surface area (TPSA) is 80.6 Å². The van der Waals surface area contributed by atoms with Gasteiger partial charge in [0.15, 0.2) is 12.4 Å². The van der Waals surface area contributed by atoms with Gasteiger partial charge in [0.05, 0.1) is 6.26 Å². The number of nitrogens with one attached hydrogen (secondary N) is 2. The molecule has 4 aromatic rings. The minimum Gasteiger partial charge on any atom is -0.483 e. The second-order valence-corrected chi connectivity index (χ2v) is 6.78. The smallest absolute Gasteiger partial charge is 0.291 e. The number of rotatable bonds is 6. The number of hydrogen-bond acceptors (Lipinski definition) is 4. The van der Waals surface area contributed by atoms with E-state index >= 15 is 0 Å². The molecule has 0 aliphatic heterocycles. The molecule has 3 aromatic carbocycles. The van der Waals surface area contributed by atoms with E-state index in [0.29, 0.717) is 17.1 Å². The number of anilines is 2. The van der Waals surface area contributed by atoms with Crippen molar-refractivity contribution in [2.24, 2.45) is 0 Å². The quantitative estimate of drug-likeness (QED) is 0.477. The number of furan rings is 1. The summed E-state index contributed by atoms with van der Waals surface area (Å²) in [4.78, 5) is 24.4. The average Bonchev–Trinajstić information content (AvgIpc) is 3.29. The average molecular weight is 400 g/mol. The summed E-state index contributed by atoms with van der Waals surface area (Å²) in [7, 11) is 0. The first-order valence-electron chi connectivity index (χ1n) is 9.46. The minimum absolute atomic E-state index is 0.107. The number of amides is 2. The molecule has 2 amide bonds. The molecule has 150 valence electrons. The number of carbonyl (C=O) groups excluding carboxylic acids is 2. The molecule has 0 saturated carbocycles. The predicted molar refractivity (Wildman–Crippen MR) is 116 cm³/mol. The van der Waals surface area contributed by atoms with Crippen molar-refractivity contribution in [3.05, 3.63) is 90.4 Å². The summed E-state index contributed by atoms with van der Waals surface area (Å²) in [5.74, 6) is 0.297. The maximum atomic E-state index is 12.3. The highest BCUT2D eigenvalue weighted by atomic mass is 16.5. The van der Waals surface area contributed by atoms with Crippen molar-refractivity contribution in [1.82, 2.24) is 0 Å². The minimum atomic E-state index is -0.330. The van der Waals surface area contributed by atoms with E-state index in [1.54, 1.807) is 30.3 Å². The number of carbonyl (C=O) groups is 2. The molecule has 0 saturated heterocycles. The molecule has 0 fully saturated rings. The van der Waals surface area contributed by atoms with Crippen LogP contribution in [0.15, 0.2) is 83.5 Å². The van der Waals surface area contributed by atoms with Crippen molar-refractivity contribution in [3.8, 4) is 5.75 Å². The van der Waals surface area contributed by atoms with Crippen LogP contribution in [0.5, 0.6) is 5.75 Å². The van der Waals surface area contributed by atoms with Gasteiger partial charge in [-0.3, -0.25) is 9.59 Å². The Kier molecular flexibility index (Phi) is 5.48. The molecule has 4 rings (SSSR count). The van der Waals surface area contributed by atoms with Crippen LogP contribution in [0.2, 0.25) is 0 Å². The second kappa shape index (κ2) is 8.53. The predicted octanol–water partition coefficient (Wildman–Crippen LogP) is 5.01.